The predicted octanol–water partition coefficient (Wildman–Crippen LogP) is 3.75. The molecule has 0 radical (unpaired) electrons. The minimum Gasteiger partial charge on any atom is -0.756 e. The first kappa shape index (κ1) is 46.0. The molecule has 0 aromatic rings. The summed E-state index contributed by atoms with van der Waals surface area (Å²) in [4.78, 5) is 41.9. The third-order valence-corrected chi connectivity index (χ3v) is 3.55. The fourth-order valence-electron chi connectivity index (χ4n) is 1.09. The van der Waals surface area contributed by atoms with Crippen LogP contribution in [0.4, 0.5) is 0 Å². The minimum atomic E-state index is -4.54. The number of hydrogen-bond acceptors (Lipinski definition) is 9. The van der Waals surface area contributed by atoms with Gasteiger partial charge in [-0.15, -0.1) is 9.42 Å². The van der Waals surface area contributed by atoms with Crippen LogP contribution in [0.2, 0.25) is 0 Å². The smallest absolute Gasteiger partial charge is 0.695 e. The number of phosphoric ester groups is 1. The zero-order chi connectivity index (χ0) is 26.2. The Morgan fingerprint density at radius 3 is 1.13 bits per heavy atom. The maximum atomic E-state index is 10.6. The molecule has 0 aliphatic carbocycles. The Hall–Kier alpha value is 1.62. The molecular weight excluding hydrogens is 550 g/mol. The maximum Gasteiger partial charge on any atom is 0.695 e. The summed E-state index contributed by atoms with van der Waals surface area (Å²) in [6.07, 6.45) is 0. The van der Waals surface area contributed by atoms with E-state index in [1.165, 1.54) is 36.9 Å². The van der Waals surface area contributed by atoms with Crippen molar-refractivity contribution in [3.63, 3.8) is 0 Å². The van der Waals surface area contributed by atoms with Gasteiger partial charge >= 0.3 is 15.9 Å². The Morgan fingerprint density at radius 1 is 0.871 bits per heavy atom. The molecule has 0 aliphatic rings. The van der Waals surface area contributed by atoms with E-state index in [0.29, 0.717) is 0 Å². The predicted molar refractivity (Wildman–Crippen MR) is 137 cm³/mol. The van der Waals surface area contributed by atoms with Crippen LogP contribution in [-0.4, -0.2) is 43.0 Å². The Balaban J connectivity index is -0.0000000688. The molecular formula is C13H40O11P6S. The van der Waals surface area contributed by atoms with E-state index in [2.05, 4.69) is 28.9 Å². The van der Waals surface area contributed by atoms with Gasteiger partial charge in [-0.05, 0) is 79.8 Å². The lowest BCUT2D eigenvalue weighted by molar-refractivity contribution is -0.228. The quantitative estimate of drug-likeness (QED) is 0.350. The van der Waals surface area contributed by atoms with Gasteiger partial charge in [-0.25, -0.2) is 0 Å². The van der Waals surface area contributed by atoms with Gasteiger partial charge in [0.15, 0.2) is 0 Å². The summed E-state index contributed by atoms with van der Waals surface area (Å²) in [6.45, 7) is 16.1. The van der Waals surface area contributed by atoms with Crippen LogP contribution in [0.25, 0.3) is 0 Å². The normalized spacial score (nSPS) is 15.0. The standard InChI is InChI=1S/C5H13O3P.C4H11O4P.C4H9O3P.H3OP.HPS.H3P/c1-5(2,3)8-9(4,6)7;1-4(2,3)8-9(5,6)7;1-4(2,3)7-8(5)6;2*1-2;/h1-4H3,(H,6,7);1-3H3,(H2,5,6,7);1-3H3;1H,2H2;1H;1H3. The van der Waals surface area contributed by atoms with E-state index in [4.69, 9.17) is 24.1 Å². The summed E-state index contributed by atoms with van der Waals surface area (Å²) in [5.41, 5.74) is -1.88. The van der Waals surface area contributed by atoms with Crippen molar-refractivity contribution in [2.45, 2.75) is 79.1 Å². The molecule has 0 bridgehead atoms. The van der Waals surface area contributed by atoms with Gasteiger partial charge < -0.3 is 28.6 Å². The second kappa shape index (κ2) is 20.9. The average Bonchev–Trinajstić information content (AvgIpc) is 2.32. The molecule has 18 heteroatoms. The van der Waals surface area contributed by atoms with E-state index in [-0.39, 0.29) is 9.90 Å². The molecule has 0 aromatic heterocycles. The van der Waals surface area contributed by atoms with E-state index in [9.17, 15) is 18.6 Å². The summed E-state index contributed by atoms with van der Waals surface area (Å²) >= 11 is 3.89. The van der Waals surface area contributed by atoms with Gasteiger partial charge in [0.25, 0.3) is 7.82 Å². The van der Waals surface area contributed by atoms with Crippen molar-refractivity contribution in [1.82, 2.24) is 0 Å². The fourth-order valence-corrected chi connectivity index (χ4v) is 3.27. The SMILES string of the molecule is CC(C)(C)OP(=O)([O-])O.CC(C)(C)OP(C)(=O)O.CC(C)(C)O[P+](=O)O.OP.P.P=S. The monoisotopic (exact) mass is 590 g/mol. The molecule has 0 saturated carbocycles. The molecule has 31 heavy (non-hydrogen) atoms. The average molecular weight is 590 g/mol. The van der Waals surface area contributed by atoms with Crippen LogP contribution < -0.4 is 4.89 Å². The Kier molecular flexibility index (Phi) is 31.1. The molecule has 0 aliphatic heterocycles. The molecule has 4 N–H and O–H groups in total. The summed E-state index contributed by atoms with van der Waals surface area (Å²) < 4.78 is 43.9. The Labute approximate surface area is 200 Å². The van der Waals surface area contributed by atoms with Gasteiger partial charge in [0, 0.05) is 11.2 Å². The zero-order valence-corrected chi connectivity index (χ0v) is 26.7. The van der Waals surface area contributed by atoms with E-state index < -0.39 is 40.5 Å². The number of hydrogen-bond donors (Lipinski definition) is 4. The molecule has 0 rings (SSSR count). The summed E-state index contributed by atoms with van der Waals surface area (Å²) in [7, 11) is -6.29. The highest BCUT2D eigenvalue weighted by molar-refractivity contribution is 7.88. The molecule has 0 heterocycles. The van der Waals surface area contributed by atoms with Gasteiger partial charge in [0.05, 0.1) is 11.2 Å². The first-order chi connectivity index (χ1) is 12.8. The summed E-state index contributed by atoms with van der Waals surface area (Å²) in [6, 6.07) is 0. The molecule has 0 saturated heterocycles. The first-order valence-corrected chi connectivity index (χ1v) is 14.7. The van der Waals surface area contributed by atoms with Gasteiger partial charge in [-0.2, -0.15) is 9.90 Å². The molecule has 194 valence electrons. The molecule has 0 spiro atoms. The van der Waals surface area contributed by atoms with E-state index >= 15 is 0 Å². The van der Waals surface area contributed by atoms with Crippen LogP contribution in [0, 0.1) is 0 Å². The lowest BCUT2D eigenvalue weighted by atomic mass is 10.2. The van der Waals surface area contributed by atoms with Crippen LogP contribution in [0.3, 0.4) is 0 Å². The van der Waals surface area contributed by atoms with Crippen molar-refractivity contribution < 1.29 is 51.7 Å². The van der Waals surface area contributed by atoms with Gasteiger partial charge in [-0.1, -0.05) is 11.8 Å². The third-order valence-electron chi connectivity index (χ3n) is 1.18. The van der Waals surface area contributed by atoms with Crippen LogP contribution in [0.1, 0.15) is 62.3 Å². The molecule has 0 aromatic carbocycles. The maximum absolute atomic E-state index is 10.6. The van der Waals surface area contributed by atoms with Gasteiger partial charge in [-0.3, -0.25) is 9.13 Å². The molecule has 11 nitrogen and oxygen atoms in total. The van der Waals surface area contributed by atoms with Crippen LogP contribution in [0.15, 0.2) is 0 Å². The van der Waals surface area contributed by atoms with Crippen LogP contribution >= 0.6 is 51.1 Å². The highest BCUT2D eigenvalue weighted by Crippen LogP contribution is 2.41. The summed E-state index contributed by atoms with van der Waals surface area (Å²) in [5, 5.41) is 0. The van der Waals surface area contributed by atoms with Crippen molar-refractivity contribution in [3.8, 4) is 0 Å². The second-order valence-electron chi connectivity index (χ2n) is 8.12. The Morgan fingerprint density at radius 2 is 1.13 bits per heavy atom. The van der Waals surface area contributed by atoms with E-state index in [1.54, 1.807) is 41.5 Å². The fraction of sp³-hybridized carbons (Fsp3) is 1.00. The van der Waals surface area contributed by atoms with Crippen LogP contribution in [0.5, 0.6) is 0 Å². The third kappa shape index (κ3) is 80.0. The number of phosphoric acid groups is 1. The van der Waals surface area contributed by atoms with Crippen molar-refractivity contribution in [2.24, 2.45) is 0 Å². The lowest BCUT2D eigenvalue weighted by Crippen LogP contribution is -2.20. The van der Waals surface area contributed by atoms with Gasteiger partial charge in [0.2, 0.25) is 0 Å². The van der Waals surface area contributed by atoms with Crippen molar-refractivity contribution in [1.29, 1.82) is 0 Å². The Bertz CT molecular complexity index is 498. The molecule has 0 amide bonds. The van der Waals surface area contributed by atoms with Crippen LogP contribution in [-0.2, 0) is 39.1 Å². The molecule has 0 fully saturated rings. The second-order valence-corrected chi connectivity index (χ2v) is 11.7. The highest BCUT2D eigenvalue weighted by Gasteiger charge is 2.25. The zero-order valence-electron chi connectivity index (χ0n) is 19.7. The largest absolute Gasteiger partial charge is 0.756 e. The highest BCUT2D eigenvalue weighted by atomic mass is 32.4. The molecule has 5 unspecified atom stereocenters. The molecule has 5 atom stereocenters. The van der Waals surface area contributed by atoms with E-state index in [0.717, 1.165) is 0 Å². The van der Waals surface area contributed by atoms with Crippen molar-refractivity contribution in [2.75, 3.05) is 6.66 Å². The lowest BCUT2D eigenvalue weighted by Gasteiger charge is -2.26. The summed E-state index contributed by atoms with van der Waals surface area (Å²) in [5.74, 6) is 0. The van der Waals surface area contributed by atoms with Gasteiger partial charge in [0.1, 0.15) is 5.60 Å². The topological polar surface area (TPSA) is 183 Å². The van der Waals surface area contributed by atoms with Crippen molar-refractivity contribution >= 4 is 62.9 Å². The minimum absolute atomic E-state index is 0. The van der Waals surface area contributed by atoms with Crippen molar-refractivity contribution in [3.05, 3.63) is 0 Å². The first-order valence-electron chi connectivity index (χ1n) is 7.90. The number of rotatable bonds is 3. The van der Waals surface area contributed by atoms with E-state index in [1.807, 2.05) is 0 Å².